The summed E-state index contributed by atoms with van der Waals surface area (Å²) in [6.45, 7) is 1.33. The molecule has 1 heterocycles. The van der Waals surface area contributed by atoms with Crippen LogP contribution in [0.5, 0.6) is 0 Å². The molecule has 0 saturated heterocycles. The van der Waals surface area contributed by atoms with Crippen LogP contribution >= 0.6 is 12.2 Å². The second-order valence-electron chi connectivity index (χ2n) is 2.68. The molecular formula is C7H10F2N4S. The Morgan fingerprint density at radius 2 is 2.29 bits per heavy atom. The number of hydrogen-bond donors (Lipinski definition) is 1. The minimum absolute atomic E-state index is 0.0855. The van der Waals surface area contributed by atoms with Gasteiger partial charge in [0.15, 0.2) is 0 Å². The van der Waals surface area contributed by atoms with Gasteiger partial charge >= 0.3 is 0 Å². The lowest BCUT2D eigenvalue weighted by molar-refractivity contribution is 0.120. The number of aromatic nitrogens is 3. The van der Waals surface area contributed by atoms with Crippen molar-refractivity contribution in [3.05, 3.63) is 11.4 Å². The zero-order valence-electron chi connectivity index (χ0n) is 7.57. The fourth-order valence-corrected chi connectivity index (χ4v) is 1.31. The number of rotatable bonds is 4. The van der Waals surface area contributed by atoms with E-state index in [0.717, 1.165) is 4.68 Å². The number of halogens is 2. The van der Waals surface area contributed by atoms with Gasteiger partial charge in [-0.15, -0.1) is 5.10 Å². The smallest absolute Gasteiger partial charge is 0.257 e. The highest BCUT2D eigenvalue weighted by atomic mass is 32.1. The molecule has 0 fully saturated rings. The third-order valence-electron chi connectivity index (χ3n) is 1.72. The Labute approximate surface area is 85.1 Å². The molecule has 0 aliphatic heterocycles. The SMILES string of the molecule is CCc1c(C(N)=S)nnn1CC(F)F. The van der Waals surface area contributed by atoms with Crippen molar-refractivity contribution in [2.75, 3.05) is 0 Å². The molecule has 1 aromatic rings. The summed E-state index contributed by atoms with van der Waals surface area (Å²) in [5.41, 5.74) is 6.25. The maximum absolute atomic E-state index is 12.1. The summed E-state index contributed by atoms with van der Waals surface area (Å²) in [6.07, 6.45) is -1.94. The molecule has 0 aliphatic carbocycles. The molecule has 1 aromatic heterocycles. The van der Waals surface area contributed by atoms with Crippen LogP contribution in [0.4, 0.5) is 8.78 Å². The van der Waals surface area contributed by atoms with E-state index in [1.54, 1.807) is 0 Å². The van der Waals surface area contributed by atoms with Gasteiger partial charge in [0.2, 0.25) is 0 Å². The summed E-state index contributed by atoms with van der Waals surface area (Å²) in [7, 11) is 0. The molecule has 1 rings (SSSR count). The number of alkyl halides is 2. The summed E-state index contributed by atoms with van der Waals surface area (Å²) in [4.78, 5) is 0.0855. The Morgan fingerprint density at radius 1 is 1.64 bits per heavy atom. The van der Waals surface area contributed by atoms with Gasteiger partial charge in [-0.05, 0) is 6.42 Å². The molecule has 0 bridgehead atoms. The van der Waals surface area contributed by atoms with Crippen LogP contribution in [-0.4, -0.2) is 26.4 Å². The van der Waals surface area contributed by atoms with E-state index in [-0.39, 0.29) is 4.99 Å². The van der Waals surface area contributed by atoms with Crippen LogP contribution in [0.2, 0.25) is 0 Å². The number of hydrogen-bond acceptors (Lipinski definition) is 3. The molecule has 14 heavy (non-hydrogen) atoms. The van der Waals surface area contributed by atoms with Crippen molar-refractivity contribution in [1.29, 1.82) is 0 Å². The van der Waals surface area contributed by atoms with Crippen molar-refractivity contribution in [2.24, 2.45) is 5.73 Å². The van der Waals surface area contributed by atoms with Crippen LogP contribution in [0, 0.1) is 0 Å². The first kappa shape index (κ1) is 11.0. The molecule has 0 aliphatic rings. The van der Waals surface area contributed by atoms with E-state index < -0.39 is 13.0 Å². The van der Waals surface area contributed by atoms with Gasteiger partial charge in [0.1, 0.15) is 17.2 Å². The second kappa shape index (κ2) is 4.41. The fraction of sp³-hybridized carbons (Fsp3) is 0.571. The van der Waals surface area contributed by atoms with Gasteiger partial charge in [-0.2, -0.15) is 0 Å². The van der Waals surface area contributed by atoms with E-state index >= 15 is 0 Å². The largest absolute Gasteiger partial charge is 0.388 e. The Kier molecular flexibility index (Phi) is 3.45. The van der Waals surface area contributed by atoms with Crippen LogP contribution in [0.15, 0.2) is 0 Å². The van der Waals surface area contributed by atoms with Crippen molar-refractivity contribution in [3.8, 4) is 0 Å². The Morgan fingerprint density at radius 3 is 2.71 bits per heavy atom. The first-order valence-corrected chi connectivity index (χ1v) is 4.47. The summed E-state index contributed by atoms with van der Waals surface area (Å²) in [5, 5.41) is 7.22. The predicted octanol–water partition coefficient (Wildman–Crippen LogP) is 0.740. The normalized spacial score (nSPS) is 10.9. The van der Waals surface area contributed by atoms with E-state index in [1.165, 1.54) is 0 Å². The lowest BCUT2D eigenvalue weighted by atomic mass is 10.2. The third-order valence-corrected chi connectivity index (χ3v) is 1.91. The molecule has 0 amide bonds. The second-order valence-corrected chi connectivity index (χ2v) is 3.12. The van der Waals surface area contributed by atoms with Crippen molar-refractivity contribution >= 4 is 17.2 Å². The summed E-state index contributed by atoms with van der Waals surface area (Å²) < 4.78 is 25.3. The van der Waals surface area contributed by atoms with E-state index in [0.29, 0.717) is 17.8 Å². The van der Waals surface area contributed by atoms with Crippen LogP contribution in [-0.2, 0) is 13.0 Å². The van der Waals surface area contributed by atoms with Gasteiger partial charge in [-0.25, -0.2) is 13.5 Å². The van der Waals surface area contributed by atoms with Gasteiger partial charge in [0.25, 0.3) is 6.43 Å². The van der Waals surface area contributed by atoms with Crippen molar-refractivity contribution < 1.29 is 8.78 Å². The minimum atomic E-state index is -2.46. The molecule has 0 radical (unpaired) electrons. The van der Waals surface area contributed by atoms with Crippen molar-refractivity contribution in [2.45, 2.75) is 26.3 Å². The summed E-state index contributed by atoms with van der Waals surface area (Å²) in [5.74, 6) is 0. The minimum Gasteiger partial charge on any atom is -0.388 e. The maximum Gasteiger partial charge on any atom is 0.257 e. The van der Waals surface area contributed by atoms with Crippen LogP contribution in [0.3, 0.4) is 0 Å². The predicted molar refractivity (Wildman–Crippen MR) is 51.3 cm³/mol. The lowest BCUT2D eigenvalue weighted by Crippen LogP contribution is -2.15. The molecule has 78 valence electrons. The van der Waals surface area contributed by atoms with Gasteiger partial charge in [0.05, 0.1) is 5.69 Å². The van der Waals surface area contributed by atoms with Gasteiger partial charge in [-0.1, -0.05) is 24.4 Å². The summed E-state index contributed by atoms with van der Waals surface area (Å²) >= 11 is 4.72. The molecule has 0 unspecified atom stereocenters. The summed E-state index contributed by atoms with van der Waals surface area (Å²) in [6, 6.07) is 0. The van der Waals surface area contributed by atoms with Crippen LogP contribution < -0.4 is 5.73 Å². The molecule has 0 spiro atoms. The maximum atomic E-state index is 12.1. The van der Waals surface area contributed by atoms with Crippen LogP contribution in [0.25, 0.3) is 0 Å². The standard InChI is InChI=1S/C7H10F2N4S/c1-2-4-6(7(10)14)11-12-13(4)3-5(8)9/h5H,2-3H2,1H3,(H2,10,14). The highest BCUT2D eigenvalue weighted by molar-refractivity contribution is 7.80. The van der Waals surface area contributed by atoms with Gasteiger partial charge in [0, 0.05) is 0 Å². The zero-order chi connectivity index (χ0) is 10.7. The van der Waals surface area contributed by atoms with Crippen molar-refractivity contribution in [1.82, 2.24) is 15.0 Å². The first-order chi connectivity index (χ1) is 6.56. The third kappa shape index (κ3) is 2.22. The molecule has 0 atom stereocenters. The highest BCUT2D eigenvalue weighted by Gasteiger charge is 2.15. The fourth-order valence-electron chi connectivity index (χ4n) is 1.15. The van der Waals surface area contributed by atoms with E-state index in [1.807, 2.05) is 6.92 Å². The Hall–Kier alpha value is -1.11. The number of nitrogens with zero attached hydrogens (tertiary/aromatic N) is 3. The lowest BCUT2D eigenvalue weighted by Gasteiger charge is -2.03. The molecular weight excluding hydrogens is 210 g/mol. The highest BCUT2D eigenvalue weighted by Crippen LogP contribution is 2.08. The molecule has 2 N–H and O–H groups in total. The molecule has 0 saturated carbocycles. The molecule has 0 aromatic carbocycles. The Bertz CT molecular complexity index is 336. The van der Waals surface area contributed by atoms with E-state index in [2.05, 4.69) is 10.3 Å². The van der Waals surface area contributed by atoms with Gasteiger partial charge in [-0.3, -0.25) is 0 Å². The Balaban J connectivity index is 3.01. The average Bonchev–Trinajstić information content (AvgIpc) is 2.46. The average molecular weight is 220 g/mol. The number of thiocarbonyl (C=S) groups is 1. The van der Waals surface area contributed by atoms with Crippen LogP contribution in [0.1, 0.15) is 18.3 Å². The molecule has 4 nitrogen and oxygen atoms in total. The van der Waals surface area contributed by atoms with Gasteiger partial charge < -0.3 is 5.73 Å². The zero-order valence-corrected chi connectivity index (χ0v) is 8.39. The number of nitrogens with two attached hydrogens (primary N) is 1. The quantitative estimate of drug-likeness (QED) is 0.760. The molecule has 7 heteroatoms. The monoisotopic (exact) mass is 220 g/mol. The first-order valence-electron chi connectivity index (χ1n) is 4.06. The topological polar surface area (TPSA) is 56.7 Å². The van der Waals surface area contributed by atoms with Crippen molar-refractivity contribution in [3.63, 3.8) is 0 Å². The van der Waals surface area contributed by atoms with E-state index in [9.17, 15) is 8.78 Å². The van der Waals surface area contributed by atoms with E-state index in [4.69, 9.17) is 18.0 Å².